The third kappa shape index (κ3) is 5.07. The van der Waals surface area contributed by atoms with Gasteiger partial charge in [0.1, 0.15) is 6.04 Å². The van der Waals surface area contributed by atoms with Crippen LogP contribution >= 0.6 is 0 Å². The van der Waals surface area contributed by atoms with Crippen LogP contribution in [0.1, 0.15) is 31.9 Å². The molecule has 1 N–H and O–H groups in total. The third-order valence-electron chi connectivity index (χ3n) is 4.28. The fraction of sp³-hybridized carbons (Fsp3) is 0.316. The summed E-state index contributed by atoms with van der Waals surface area (Å²) in [6, 6.07) is 13.2. The molecular formula is C19H23N3O5S. The van der Waals surface area contributed by atoms with E-state index in [1.165, 1.54) is 18.2 Å². The number of nitrogens with zero attached hydrogens (tertiary/aromatic N) is 2. The molecule has 0 aromatic heterocycles. The molecular weight excluding hydrogens is 382 g/mol. The molecule has 0 aliphatic rings. The number of hydrogen-bond acceptors (Lipinski definition) is 5. The van der Waals surface area contributed by atoms with Crippen LogP contribution in [0.5, 0.6) is 0 Å². The normalized spacial score (nSPS) is 13.4. The minimum absolute atomic E-state index is 0.0751. The van der Waals surface area contributed by atoms with E-state index in [9.17, 15) is 23.3 Å². The van der Waals surface area contributed by atoms with Gasteiger partial charge in [-0.05, 0) is 25.0 Å². The summed E-state index contributed by atoms with van der Waals surface area (Å²) in [7, 11) is -3.87. The van der Waals surface area contributed by atoms with Crippen molar-refractivity contribution in [3.05, 3.63) is 70.3 Å². The molecule has 2 aromatic rings. The summed E-state index contributed by atoms with van der Waals surface area (Å²) in [5.74, 6) is -0.476. The molecule has 0 unspecified atom stereocenters. The number of anilines is 1. The highest BCUT2D eigenvalue weighted by atomic mass is 32.2. The highest BCUT2D eigenvalue weighted by molar-refractivity contribution is 7.92. The van der Waals surface area contributed by atoms with Crippen LogP contribution in [0.25, 0.3) is 0 Å². The largest absolute Gasteiger partial charge is 0.348 e. The Morgan fingerprint density at radius 2 is 1.82 bits per heavy atom. The molecule has 0 fully saturated rings. The summed E-state index contributed by atoms with van der Waals surface area (Å²) < 4.78 is 25.8. The molecule has 2 atom stereocenters. The Balaban J connectivity index is 2.37. The summed E-state index contributed by atoms with van der Waals surface area (Å²) in [6.07, 6.45) is 1.17. The lowest BCUT2D eigenvalue weighted by Crippen LogP contribution is -2.49. The van der Waals surface area contributed by atoms with Gasteiger partial charge in [-0.25, -0.2) is 8.42 Å². The molecule has 0 bridgehead atoms. The van der Waals surface area contributed by atoms with Crippen LogP contribution in [-0.4, -0.2) is 31.5 Å². The molecule has 28 heavy (non-hydrogen) atoms. The number of non-ortho nitro benzene ring substituents is 1. The minimum atomic E-state index is -3.87. The monoisotopic (exact) mass is 405 g/mol. The molecule has 8 nitrogen and oxygen atoms in total. The van der Waals surface area contributed by atoms with E-state index < -0.39 is 26.9 Å². The van der Waals surface area contributed by atoms with E-state index in [1.54, 1.807) is 13.8 Å². The lowest BCUT2D eigenvalue weighted by molar-refractivity contribution is -0.384. The fourth-order valence-electron chi connectivity index (χ4n) is 2.94. The first-order chi connectivity index (χ1) is 13.1. The summed E-state index contributed by atoms with van der Waals surface area (Å²) in [5.41, 5.74) is 0.706. The zero-order valence-corrected chi connectivity index (χ0v) is 16.7. The van der Waals surface area contributed by atoms with Crippen molar-refractivity contribution in [2.75, 3.05) is 10.6 Å². The number of sulfonamides is 1. The fourth-order valence-corrected chi connectivity index (χ4v) is 4.14. The van der Waals surface area contributed by atoms with Crippen molar-refractivity contribution < 1.29 is 18.1 Å². The maximum Gasteiger partial charge on any atom is 0.271 e. The van der Waals surface area contributed by atoms with Crippen molar-refractivity contribution >= 4 is 27.3 Å². The van der Waals surface area contributed by atoms with Crippen LogP contribution in [0.15, 0.2) is 54.6 Å². The van der Waals surface area contributed by atoms with E-state index in [-0.39, 0.29) is 23.8 Å². The Hall–Kier alpha value is -2.94. The summed E-state index contributed by atoms with van der Waals surface area (Å²) in [5, 5.41) is 13.9. The van der Waals surface area contributed by atoms with Gasteiger partial charge < -0.3 is 5.32 Å². The number of nitrogens with one attached hydrogen (secondary N) is 1. The zero-order valence-electron chi connectivity index (χ0n) is 15.9. The predicted octanol–water partition coefficient (Wildman–Crippen LogP) is 3.02. The first-order valence-corrected chi connectivity index (χ1v) is 10.6. The van der Waals surface area contributed by atoms with Crippen LogP contribution in [0, 0.1) is 10.1 Å². The molecule has 0 aliphatic heterocycles. The molecule has 0 aliphatic carbocycles. The molecule has 0 saturated carbocycles. The summed E-state index contributed by atoms with van der Waals surface area (Å²) >= 11 is 0. The average molecular weight is 405 g/mol. The van der Waals surface area contributed by atoms with Gasteiger partial charge in [-0.1, -0.05) is 43.3 Å². The van der Waals surface area contributed by atoms with Gasteiger partial charge in [-0.3, -0.25) is 19.2 Å². The number of rotatable bonds is 8. The second-order valence-electron chi connectivity index (χ2n) is 6.40. The third-order valence-corrected chi connectivity index (χ3v) is 5.46. The van der Waals surface area contributed by atoms with Crippen LogP contribution in [0.4, 0.5) is 11.4 Å². The maximum atomic E-state index is 12.9. The highest BCUT2D eigenvalue weighted by Gasteiger charge is 2.32. The van der Waals surface area contributed by atoms with Crippen molar-refractivity contribution in [1.29, 1.82) is 0 Å². The first kappa shape index (κ1) is 21.4. The van der Waals surface area contributed by atoms with Gasteiger partial charge in [0.2, 0.25) is 15.9 Å². The number of amides is 1. The maximum absolute atomic E-state index is 12.9. The molecule has 2 rings (SSSR count). The van der Waals surface area contributed by atoms with Crippen molar-refractivity contribution in [3.8, 4) is 0 Å². The molecule has 0 spiro atoms. The SMILES string of the molecule is CC[C@H](C(=O)N[C@H](C)c1ccccc1)N(c1cccc([N+](=O)[O-])c1)S(C)(=O)=O. The Morgan fingerprint density at radius 1 is 1.18 bits per heavy atom. The van der Waals surface area contributed by atoms with E-state index in [2.05, 4.69) is 5.32 Å². The number of nitro groups is 1. The van der Waals surface area contributed by atoms with Crippen LogP contribution in [0.2, 0.25) is 0 Å². The lowest BCUT2D eigenvalue weighted by atomic mass is 10.1. The van der Waals surface area contributed by atoms with E-state index in [1.807, 2.05) is 30.3 Å². The molecule has 2 aromatic carbocycles. The van der Waals surface area contributed by atoms with Gasteiger partial charge in [-0.15, -0.1) is 0 Å². The van der Waals surface area contributed by atoms with Gasteiger partial charge in [0.15, 0.2) is 0 Å². The average Bonchev–Trinajstić information content (AvgIpc) is 2.65. The van der Waals surface area contributed by atoms with E-state index in [0.717, 1.165) is 22.2 Å². The number of carbonyl (C=O) groups excluding carboxylic acids is 1. The van der Waals surface area contributed by atoms with Crippen LogP contribution < -0.4 is 9.62 Å². The van der Waals surface area contributed by atoms with Gasteiger partial charge in [0.05, 0.1) is 22.9 Å². The molecule has 0 saturated heterocycles. The van der Waals surface area contributed by atoms with Crippen LogP contribution in [-0.2, 0) is 14.8 Å². The summed E-state index contributed by atoms with van der Waals surface area (Å²) in [4.78, 5) is 23.3. The van der Waals surface area contributed by atoms with Crippen molar-refractivity contribution in [2.24, 2.45) is 0 Å². The van der Waals surface area contributed by atoms with Gasteiger partial charge in [0, 0.05) is 12.1 Å². The van der Waals surface area contributed by atoms with Gasteiger partial charge in [-0.2, -0.15) is 0 Å². The molecule has 0 heterocycles. The Bertz CT molecular complexity index is 947. The Kier molecular flexibility index (Phi) is 6.74. The Morgan fingerprint density at radius 3 is 2.36 bits per heavy atom. The Labute approximate surface area is 164 Å². The number of nitro benzene ring substituents is 1. The van der Waals surface area contributed by atoms with E-state index in [0.29, 0.717) is 0 Å². The smallest absolute Gasteiger partial charge is 0.271 e. The molecule has 9 heteroatoms. The number of benzene rings is 2. The standard InChI is InChI=1S/C19H23N3O5S/c1-4-18(19(23)20-14(2)15-9-6-5-7-10-15)21(28(3,26)27)16-11-8-12-17(13-16)22(24)25/h5-14,18H,4H2,1-3H3,(H,20,23)/t14-,18-/m1/s1. The zero-order chi connectivity index (χ0) is 20.9. The van der Waals surface area contributed by atoms with Crippen molar-refractivity contribution in [2.45, 2.75) is 32.4 Å². The van der Waals surface area contributed by atoms with E-state index >= 15 is 0 Å². The highest BCUT2D eigenvalue weighted by Crippen LogP contribution is 2.27. The molecule has 150 valence electrons. The summed E-state index contributed by atoms with van der Waals surface area (Å²) in [6.45, 7) is 3.49. The quantitative estimate of drug-likeness (QED) is 0.536. The molecule has 0 radical (unpaired) electrons. The number of carbonyl (C=O) groups is 1. The minimum Gasteiger partial charge on any atom is -0.348 e. The van der Waals surface area contributed by atoms with Crippen molar-refractivity contribution in [3.63, 3.8) is 0 Å². The van der Waals surface area contributed by atoms with Crippen LogP contribution in [0.3, 0.4) is 0 Å². The molecule has 1 amide bonds. The van der Waals surface area contributed by atoms with E-state index in [4.69, 9.17) is 0 Å². The van der Waals surface area contributed by atoms with Gasteiger partial charge in [0.25, 0.3) is 5.69 Å². The topological polar surface area (TPSA) is 110 Å². The number of hydrogen-bond donors (Lipinski definition) is 1. The van der Waals surface area contributed by atoms with Crippen molar-refractivity contribution in [1.82, 2.24) is 5.32 Å². The second-order valence-corrected chi connectivity index (χ2v) is 8.26. The lowest BCUT2D eigenvalue weighted by Gasteiger charge is -2.31. The second kappa shape index (κ2) is 8.83. The predicted molar refractivity (Wildman–Crippen MR) is 107 cm³/mol. The van der Waals surface area contributed by atoms with Gasteiger partial charge >= 0.3 is 0 Å². The first-order valence-electron chi connectivity index (χ1n) is 8.74.